The standard InChI is InChI=1S/C35H36FN5O5/c1-34(2,3)23-13-20-16-38-41(32(44)30(20)26(36)15-23)28-10-8-9-24(25(28)19-42)21-14-27(31(43)40(6)18-21)39-29-12-11-22(17-37-29)35(4,5)33(45)46-7/h8-18,42H,19H2,1-7H3,(H,37,39). The molecular formula is C35H36FN5O5. The summed E-state index contributed by atoms with van der Waals surface area (Å²) in [5, 5.41) is 18.2. The van der Waals surface area contributed by atoms with Gasteiger partial charge in [0.1, 0.15) is 17.3 Å². The first kappa shape index (κ1) is 32.2. The molecule has 2 N–H and O–H groups in total. The van der Waals surface area contributed by atoms with Crippen LogP contribution in [0.5, 0.6) is 0 Å². The summed E-state index contributed by atoms with van der Waals surface area (Å²) in [5.74, 6) is -0.674. The third-order valence-corrected chi connectivity index (χ3v) is 8.18. The molecule has 0 saturated carbocycles. The Balaban J connectivity index is 1.57. The number of methoxy groups -OCH3 is 1. The highest BCUT2D eigenvalue weighted by Gasteiger charge is 2.31. The lowest BCUT2D eigenvalue weighted by molar-refractivity contribution is -0.146. The first-order valence-corrected chi connectivity index (χ1v) is 14.7. The van der Waals surface area contributed by atoms with Crippen molar-refractivity contribution in [1.29, 1.82) is 0 Å². The van der Waals surface area contributed by atoms with Crippen molar-refractivity contribution in [3.05, 3.63) is 110 Å². The smallest absolute Gasteiger partial charge is 0.315 e. The van der Waals surface area contributed by atoms with Crippen LogP contribution >= 0.6 is 0 Å². The van der Waals surface area contributed by atoms with Crippen LogP contribution in [0.15, 0.2) is 76.7 Å². The minimum absolute atomic E-state index is 0.0978. The molecule has 0 radical (unpaired) electrons. The fraction of sp³-hybridized carbons (Fsp3) is 0.286. The Hall–Kier alpha value is -5.16. The topological polar surface area (TPSA) is 128 Å². The van der Waals surface area contributed by atoms with E-state index in [9.17, 15) is 19.5 Å². The number of ether oxygens (including phenoxy) is 1. The first-order valence-electron chi connectivity index (χ1n) is 14.7. The molecule has 0 spiro atoms. The maximum atomic E-state index is 15.3. The van der Waals surface area contributed by atoms with E-state index >= 15 is 4.39 Å². The van der Waals surface area contributed by atoms with Gasteiger partial charge in [0, 0.05) is 36.0 Å². The molecule has 3 heterocycles. The molecule has 238 valence electrons. The van der Waals surface area contributed by atoms with Gasteiger partial charge in [-0.15, -0.1) is 0 Å². The second kappa shape index (κ2) is 12.0. The predicted octanol–water partition coefficient (Wildman–Crippen LogP) is 5.27. The van der Waals surface area contributed by atoms with Crippen molar-refractivity contribution in [1.82, 2.24) is 19.3 Å². The Labute approximate surface area is 265 Å². The van der Waals surface area contributed by atoms with Crippen LogP contribution in [0.2, 0.25) is 0 Å². The number of fused-ring (bicyclic) bond motifs is 1. The maximum Gasteiger partial charge on any atom is 0.315 e. The number of aryl methyl sites for hydroxylation is 1. The molecule has 0 saturated heterocycles. The molecule has 0 atom stereocenters. The number of aromatic nitrogens is 4. The fourth-order valence-electron chi connectivity index (χ4n) is 5.35. The summed E-state index contributed by atoms with van der Waals surface area (Å²) in [7, 11) is 2.92. The van der Waals surface area contributed by atoms with Gasteiger partial charge in [0.15, 0.2) is 0 Å². The molecule has 3 aromatic heterocycles. The molecule has 0 aliphatic carbocycles. The second-order valence-corrected chi connectivity index (χ2v) is 12.7. The van der Waals surface area contributed by atoms with E-state index in [0.717, 1.165) is 10.2 Å². The summed E-state index contributed by atoms with van der Waals surface area (Å²) in [6.45, 7) is 8.88. The van der Waals surface area contributed by atoms with E-state index in [-0.39, 0.29) is 27.7 Å². The molecule has 0 bridgehead atoms. The zero-order valence-electron chi connectivity index (χ0n) is 26.8. The van der Waals surface area contributed by atoms with Crippen molar-refractivity contribution >= 4 is 28.2 Å². The number of esters is 1. The van der Waals surface area contributed by atoms with Gasteiger partial charge in [-0.05, 0) is 66.3 Å². The van der Waals surface area contributed by atoms with E-state index in [1.807, 2.05) is 20.8 Å². The van der Waals surface area contributed by atoms with Gasteiger partial charge in [-0.25, -0.2) is 9.37 Å². The molecular weight excluding hydrogens is 589 g/mol. The van der Waals surface area contributed by atoms with Crippen molar-refractivity contribution < 1.29 is 19.0 Å². The number of nitrogens with zero attached hydrogens (tertiary/aromatic N) is 4. The zero-order chi connectivity index (χ0) is 33.6. The number of aliphatic hydroxyl groups excluding tert-OH is 1. The van der Waals surface area contributed by atoms with E-state index in [4.69, 9.17) is 4.74 Å². The number of halogens is 1. The average molecular weight is 626 g/mol. The van der Waals surface area contributed by atoms with E-state index in [1.54, 1.807) is 75.8 Å². The van der Waals surface area contributed by atoms with Gasteiger partial charge in [-0.3, -0.25) is 14.4 Å². The highest BCUT2D eigenvalue weighted by Crippen LogP contribution is 2.31. The van der Waals surface area contributed by atoms with Gasteiger partial charge >= 0.3 is 5.97 Å². The normalized spacial score (nSPS) is 11.9. The van der Waals surface area contributed by atoms with E-state index in [1.165, 1.54) is 23.9 Å². The molecule has 46 heavy (non-hydrogen) atoms. The number of hydrogen-bond acceptors (Lipinski definition) is 8. The summed E-state index contributed by atoms with van der Waals surface area (Å²) in [4.78, 5) is 43.3. The van der Waals surface area contributed by atoms with Crippen molar-refractivity contribution in [2.45, 2.75) is 52.1 Å². The van der Waals surface area contributed by atoms with Crippen LogP contribution in [0, 0.1) is 5.82 Å². The number of aliphatic hydroxyl groups is 1. The van der Waals surface area contributed by atoms with Crippen LogP contribution in [0.3, 0.4) is 0 Å². The highest BCUT2D eigenvalue weighted by atomic mass is 19.1. The van der Waals surface area contributed by atoms with Crippen molar-refractivity contribution in [3.8, 4) is 16.8 Å². The molecule has 0 amide bonds. The maximum absolute atomic E-state index is 15.3. The fourth-order valence-corrected chi connectivity index (χ4v) is 5.35. The predicted molar refractivity (Wildman–Crippen MR) is 175 cm³/mol. The molecule has 11 heteroatoms. The van der Waals surface area contributed by atoms with E-state index in [2.05, 4.69) is 15.4 Å². The molecule has 5 aromatic rings. The molecule has 0 fully saturated rings. The summed E-state index contributed by atoms with van der Waals surface area (Å²) in [6.07, 6.45) is 4.61. The number of carbonyl (C=O) groups is 1. The van der Waals surface area contributed by atoms with Crippen molar-refractivity contribution in [3.63, 3.8) is 0 Å². The van der Waals surface area contributed by atoms with E-state index < -0.39 is 29.4 Å². The van der Waals surface area contributed by atoms with Crippen LogP contribution in [-0.2, 0) is 34.0 Å². The largest absolute Gasteiger partial charge is 0.468 e. The Bertz CT molecular complexity index is 2090. The van der Waals surface area contributed by atoms with Crippen LogP contribution in [0.25, 0.3) is 27.6 Å². The van der Waals surface area contributed by atoms with Gasteiger partial charge in [-0.2, -0.15) is 9.78 Å². The Kier molecular flexibility index (Phi) is 8.39. The van der Waals surface area contributed by atoms with Crippen molar-refractivity contribution in [2.75, 3.05) is 12.4 Å². The second-order valence-electron chi connectivity index (χ2n) is 12.7. The van der Waals surface area contributed by atoms with Gasteiger partial charge < -0.3 is 19.7 Å². The summed E-state index contributed by atoms with van der Waals surface area (Å²) in [6, 6.07) is 13.2. The molecule has 0 aliphatic rings. The Morgan fingerprint density at radius 2 is 1.74 bits per heavy atom. The molecule has 2 aromatic carbocycles. The average Bonchev–Trinajstić information content (AvgIpc) is 3.02. The Morgan fingerprint density at radius 1 is 1.00 bits per heavy atom. The number of rotatable bonds is 7. The molecule has 0 aliphatic heterocycles. The van der Waals surface area contributed by atoms with Gasteiger partial charge in [0.05, 0.1) is 36.4 Å². The van der Waals surface area contributed by atoms with Crippen LogP contribution in [-0.4, -0.2) is 37.5 Å². The SMILES string of the molecule is COC(=O)C(C)(C)c1ccc(Nc2cc(-c3cccc(-n4ncc5cc(C(C)(C)C)cc(F)c5c4=O)c3CO)cn(C)c2=O)nc1. The molecule has 0 unspecified atom stereocenters. The van der Waals surface area contributed by atoms with Gasteiger partial charge in [0.2, 0.25) is 0 Å². The number of carbonyl (C=O) groups excluding carboxylic acids is 1. The third kappa shape index (κ3) is 5.81. The molecule has 10 nitrogen and oxygen atoms in total. The van der Waals surface area contributed by atoms with E-state index in [0.29, 0.717) is 33.5 Å². The summed E-state index contributed by atoms with van der Waals surface area (Å²) in [5.41, 5.74) is 1.11. The number of hydrogen-bond donors (Lipinski definition) is 2. The minimum atomic E-state index is -0.912. The van der Waals surface area contributed by atoms with Crippen molar-refractivity contribution in [2.24, 2.45) is 7.05 Å². The number of nitrogens with one attached hydrogen (secondary N) is 1. The molecule has 5 rings (SSSR count). The monoisotopic (exact) mass is 625 g/mol. The summed E-state index contributed by atoms with van der Waals surface area (Å²) >= 11 is 0. The summed E-state index contributed by atoms with van der Waals surface area (Å²) < 4.78 is 22.7. The number of pyridine rings is 2. The lowest BCUT2D eigenvalue weighted by Gasteiger charge is -2.21. The van der Waals surface area contributed by atoms with Gasteiger partial charge in [0.25, 0.3) is 11.1 Å². The highest BCUT2D eigenvalue weighted by molar-refractivity contribution is 5.83. The quantitative estimate of drug-likeness (QED) is 0.234. The third-order valence-electron chi connectivity index (χ3n) is 8.18. The van der Waals surface area contributed by atoms with Crippen LogP contribution in [0.4, 0.5) is 15.9 Å². The lowest BCUT2D eigenvalue weighted by Crippen LogP contribution is -2.30. The number of anilines is 2. The zero-order valence-corrected chi connectivity index (χ0v) is 26.8. The lowest BCUT2D eigenvalue weighted by atomic mass is 9.86. The number of benzene rings is 2. The van der Waals surface area contributed by atoms with Crippen LogP contribution < -0.4 is 16.4 Å². The van der Waals surface area contributed by atoms with Gasteiger partial charge in [-0.1, -0.05) is 39.0 Å². The first-order chi connectivity index (χ1) is 21.7. The minimum Gasteiger partial charge on any atom is -0.468 e. The Morgan fingerprint density at radius 3 is 2.37 bits per heavy atom. The van der Waals surface area contributed by atoms with Crippen LogP contribution in [0.1, 0.15) is 51.3 Å².